The van der Waals surface area contributed by atoms with E-state index in [1.165, 1.54) is 38.5 Å². The standard InChI is InChI=1S/2C9H17NO.C2H6/c2*1-8(11)9(10-2)6-4-3-5-7-9;1-2/h2*10H,3-7H2,1-2H3;1-2H3. The van der Waals surface area contributed by atoms with Crippen molar-refractivity contribution in [3.63, 3.8) is 0 Å². The lowest BCUT2D eigenvalue weighted by molar-refractivity contribution is -0.125. The third-order valence-electron chi connectivity index (χ3n) is 5.72. The Morgan fingerprint density at radius 1 is 0.625 bits per heavy atom. The number of carbonyl (C=O) groups is 2. The van der Waals surface area contributed by atoms with Crippen LogP contribution in [0.15, 0.2) is 0 Å². The highest BCUT2D eigenvalue weighted by atomic mass is 16.1. The van der Waals surface area contributed by atoms with Crippen LogP contribution in [-0.4, -0.2) is 36.7 Å². The minimum atomic E-state index is -0.168. The minimum absolute atomic E-state index is 0.168. The van der Waals surface area contributed by atoms with E-state index in [0.29, 0.717) is 11.6 Å². The van der Waals surface area contributed by atoms with E-state index >= 15 is 0 Å². The number of carbonyl (C=O) groups excluding carboxylic acids is 2. The second-order valence-electron chi connectivity index (χ2n) is 6.90. The summed E-state index contributed by atoms with van der Waals surface area (Å²) in [6.07, 6.45) is 11.5. The summed E-state index contributed by atoms with van der Waals surface area (Å²) in [5.74, 6) is 0.611. The molecule has 0 aliphatic heterocycles. The van der Waals surface area contributed by atoms with Gasteiger partial charge in [0.2, 0.25) is 0 Å². The molecule has 2 aliphatic rings. The van der Waals surface area contributed by atoms with Gasteiger partial charge in [-0.05, 0) is 53.6 Å². The molecule has 0 spiro atoms. The summed E-state index contributed by atoms with van der Waals surface area (Å²) < 4.78 is 0. The highest BCUT2D eigenvalue weighted by molar-refractivity contribution is 5.86. The van der Waals surface area contributed by atoms with Crippen LogP contribution in [0.5, 0.6) is 0 Å². The number of ketones is 2. The van der Waals surface area contributed by atoms with Crippen molar-refractivity contribution < 1.29 is 9.59 Å². The number of nitrogens with one attached hydrogen (secondary N) is 2. The van der Waals surface area contributed by atoms with Gasteiger partial charge in [0.25, 0.3) is 0 Å². The molecule has 2 aliphatic carbocycles. The molecule has 0 amide bonds. The maximum Gasteiger partial charge on any atom is 0.149 e. The third kappa shape index (κ3) is 6.29. The Bertz CT molecular complexity index is 332. The van der Waals surface area contributed by atoms with Crippen molar-refractivity contribution in [2.24, 2.45) is 0 Å². The SMILES string of the molecule is CC.CNC1(C(C)=O)CCCCC1.CNC1(C(C)=O)CCCCC1. The lowest BCUT2D eigenvalue weighted by Crippen LogP contribution is -2.50. The first-order valence-corrected chi connectivity index (χ1v) is 9.82. The van der Waals surface area contributed by atoms with E-state index in [4.69, 9.17) is 0 Å². The molecule has 4 heteroatoms. The quantitative estimate of drug-likeness (QED) is 0.811. The Balaban J connectivity index is 0.000000400. The van der Waals surface area contributed by atoms with Crippen molar-refractivity contribution in [2.75, 3.05) is 14.1 Å². The first-order valence-electron chi connectivity index (χ1n) is 9.82. The number of Topliss-reactive ketones (excluding diaryl/α,β-unsaturated/α-hetero) is 2. The largest absolute Gasteiger partial charge is 0.308 e. The summed E-state index contributed by atoms with van der Waals surface area (Å²) in [5, 5.41) is 6.33. The lowest BCUT2D eigenvalue weighted by atomic mass is 9.79. The fourth-order valence-electron chi connectivity index (χ4n) is 3.87. The van der Waals surface area contributed by atoms with Gasteiger partial charge in [-0.2, -0.15) is 0 Å². The van der Waals surface area contributed by atoms with Crippen molar-refractivity contribution in [3.8, 4) is 0 Å². The monoisotopic (exact) mass is 340 g/mol. The molecule has 0 heterocycles. The molecule has 0 bridgehead atoms. The van der Waals surface area contributed by atoms with E-state index in [0.717, 1.165) is 25.7 Å². The van der Waals surface area contributed by atoms with Gasteiger partial charge in [-0.3, -0.25) is 9.59 Å². The van der Waals surface area contributed by atoms with Gasteiger partial charge >= 0.3 is 0 Å². The number of hydrogen-bond acceptors (Lipinski definition) is 4. The highest BCUT2D eigenvalue weighted by Gasteiger charge is 2.35. The molecule has 0 atom stereocenters. The maximum absolute atomic E-state index is 11.3. The molecule has 0 aromatic carbocycles. The van der Waals surface area contributed by atoms with Crippen LogP contribution in [0.2, 0.25) is 0 Å². The average molecular weight is 341 g/mol. The first-order chi connectivity index (χ1) is 11.4. The molecular weight excluding hydrogens is 300 g/mol. The van der Waals surface area contributed by atoms with E-state index < -0.39 is 0 Å². The predicted octanol–water partition coefficient (Wildman–Crippen LogP) is 4.02. The molecule has 2 saturated carbocycles. The van der Waals surface area contributed by atoms with Crippen LogP contribution >= 0.6 is 0 Å². The van der Waals surface area contributed by atoms with Gasteiger partial charge in [-0.15, -0.1) is 0 Å². The van der Waals surface area contributed by atoms with Gasteiger partial charge in [-0.1, -0.05) is 52.4 Å². The predicted molar refractivity (Wildman–Crippen MR) is 102 cm³/mol. The van der Waals surface area contributed by atoms with E-state index in [1.54, 1.807) is 13.8 Å². The van der Waals surface area contributed by atoms with E-state index in [2.05, 4.69) is 10.6 Å². The van der Waals surface area contributed by atoms with Crippen LogP contribution in [0.3, 0.4) is 0 Å². The zero-order valence-corrected chi connectivity index (χ0v) is 16.9. The Morgan fingerprint density at radius 3 is 1.00 bits per heavy atom. The molecule has 0 aromatic rings. The van der Waals surface area contributed by atoms with Crippen molar-refractivity contribution in [1.82, 2.24) is 10.6 Å². The lowest BCUT2D eigenvalue weighted by Gasteiger charge is -2.34. The van der Waals surface area contributed by atoms with Crippen LogP contribution in [0.25, 0.3) is 0 Å². The average Bonchev–Trinajstić information content (AvgIpc) is 2.64. The normalized spacial score (nSPS) is 21.4. The van der Waals surface area contributed by atoms with Crippen LogP contribution in [0, 0.1) is 0 Å². The Labute approximate surface area is 149 Å². The number of rotatable bonds is 4. The summed E-state index contributed by atoms with van der Waals surface area (Å²) in [5.41, 5.74) is -0.337. The zero-order chi connectivity index (χ0) is 18.6. The Morgan fingerprint density at radius 2 is 0.875 bits per heavy atom. The topological polar surface area (TPSA) is 58.2 Å². The van der Waals surface area contributed by atoms with E-state index in [1.807, 2.05) is 27.9 Å². The molecule has 142 valence electrons. The summed E-state index contributed by atoms with van der Waals surface area (Å²) in [6.45, 7) is 7.39. The molecule has 2 N–H and O–H groups in total. The number of hydrogen-bond donors (Lipinski definition) is 2. The van der Waals surface area contributed by atoms with Crippen molar-refractivity contribution >= 4 is 11.6 Å². The van der Waals surface area contributed by atoms with Crippen molar-refractivity contribution in [3.05, 3.63) is 0 Å². The highest BCUT2D eigenvalue weighted by Crippen LogP contribution is 2.29. The second kappa shape index (κ2) is 11.8. The molecule has 2 fully saturated rings. The van der Waals surface area contributed by atoms with E-state index in [-0.39, 0.29) is 11.1 Å². The third-order valence-corrected chi connectivity index (χ3v) is 5.72. The maximum atomic E-state index is 11.3. The van der Waals surface area contributed by atoms with Gasteiger partial charge in [0.15, 0.2) is 0 Å². The molecular formula is C20H40N2O2. The molecule has 0 aromatic heterocycles. The van der Waals surface area contributed by atoms with Crippen LogP contribution in [0.4, 0.5) is 0 Å². The smallest absolute Gasteiger partial charge is 0.149 e. The van der Waals surface area contributed by atoms with Crippen molar-refractivity contribution in [1.29, 1.82) is 0 Å². The minimum Gasteiger partial charge on any atom is -0.308 e. The van der Waals surface area contributed by atoms with Gasteiger partial charge in [0.05, 0.1) is 11.1 Å². The Kier molecular flexibility index (Phi) is 11.4. The van der Waals surface area contributed by atoms with Gasteiger partial charge < -0.3 is 10.6 Å². The first kappa shape index (κ1) is 23.3. The van der Waals surface area contributed by atoms with Gasteiger partial charge in [-0.25, -0.2) is 0 Å². The van der Waals surface area contributed by atoms with Crippen LogP contribution in [0.1, 0.15) is 91.9 Å². The molecule has 4 nitrogen and oxygen atoms in total. The second-order valence-corrected chi connectivity index (χ2v) is 6.90. The molecule has 24 heavy (non-hydrogen) atoms. The van der Waals surface area contributed by atoms with Gasteiger partial charge in [0.1, 0.15) is 11.6 Å². The zero-order valence-electron chi connectivity index (χ0n) is 16.9. The summed E-state index contributed by atoms with van der Waals surface area (Å²) in [6, 6.07) is 0. The molecule has 0 radical (unpaired) electrons. The molecule has 2 rings (SSSR count). The summed E-state index contributed by atoms with van der Waals surface area (Å²) in [4.78, 5) is 22.6. The van der Waals surface area contributed by atoms with Gasteiger partial charge in [0, 0.05) is 0 Å². The Hall–Kier alpha value is -0.740. The van der Waals surface area contributed by atoms with E-state index in [9.17, 15) is 9.59 Å². The van der Waals surface area contributed by atoms with Crippen LogP contribution < -0.4 is 10.6 Å². The summed E-state index contributed by atoms with van der Waals surface area (Å²) >= 11 is 0. The fourth-order valence-corrected chi connectivity index (χ4v) is 3.87. The fraction of sp³-hybridized carbons (Fsp3) is 0.900. The van der Waals surface area contributed by atoms with Crippen molar-refractivity contribution in [2.45, 2.75) is 103 Å². The van der Waals surface area contributed by atoms with Crippen LogP contribution in [-0.2, 0) is 9.59 Å². The summed E-state index contributed by atoms with van der Waals surface area (Å²) in [7, 11) is 3.79. The molecule has 0 unspecified atom stereocenters. The number of likely N-dealkylation sites (N-methyl/N-ethyl adjacent to an activating group) is 2. The molecule has 0 saturated heterocycles.